The molecule has 20 heavy (non-hydrogen) atoms. The zero-order chi connectivity index (χ0) is 14.2. The van der Waals surface area contributed by atoms with Gasteiger partial charge in [0.2, 0.25) is 0 Å². The summed E-state index contributed by atoms with van der Waals surface area (Å²) in [4.78, 5) is 0. The van der Waals surface area contributed by atoms with Crippen LogP contribution < -0.4 is 10.1 Å². The summed E-state index contributed by atoms with van der Waals surface area (Å²) in [6, 6.07) is 7.00. The lowest BCUT2D eigenvalue weighted by Gasteiger charge is -2.57. The van der Waals surface area contributed by atoms with Crippen molar-refractivity contribution >= 4 is 15.9 Å². The van der Waals surface area contributed by atoms with E-state index in [0.717, 1.165) is 16.6 Å². The van der Waals surface area contributed by atoms with Gasteiger partial charge in [0.1, 0.15) is 11.9 Å². The molecule has 0 heterocycles. The third kappa shape index (κ3) is 2.39. The first-order valence-electron chi connectivity index (χ1n) is 7.76. The third-order valence-electron chi connectivity index (χ3n) is 5.27. The molecule has 1 N–H and O–H groups in total. The highest BCUT2D eigenvalue weighted by molar-refractivity contribution is 9.10. The van der Waals surface area contributed by atoms with E-state index >= 15 is 0 Å². The summed E-state index contributed by atoms with van der Waals surface area (Å²) in [5.41, 5.74) is 1.63. The lowest BCUT2D eigenvalue weighted by atomic mass is 9.55. The Kier molecular flexibility index (Phi) is 4.09. The van der Waals surface area contributed by atoms with Crippen LogP contribution in [0.4, 0.5) is 0 Å². The molecule has 2 saturated carbocycles. The van der Waals surface area contributed by atoms with E-state index in [4.69, 9.17) is 4.74 Å². The van der Waals surface area contributed by atoms with Crippen molar-refractivity contribution in [3.8, 4) is 5.75 Å². The zero-order valence-corrected chi connectivity index (χ0v) is 14.0. The van der Waals surface area contributed by atoms with Gasteiger partial charge in [-0.1, -0.05) is 25.3 Å². The average molecular weight is 338 g/mol. The van der Waals surface area contributed by atoms with Crippen LogP contribution >= 0.6 is 15.9 Å². The van der Waals surface area contributed by atoms with Crippen LogP contribution in [0.15, 0.2) is 22.7 Å². The van der Waals surface area contributed by atoms with Crippen LogP contribution in [0, 0.1) is 12.3 Å². The van der Waals surface area contributed by atoms with Crippen molar-refractivity contribution < 1.29 is 4.74 Å². The molecule has 0 saturated heterocycles. The van der Waals surface area contributed by atoms with E-state index in [1.54, 1.807) is 0 Å². The van der Waals surface area contributed by atoms with Crippen molar-refractivity contribution in [1.29, 1.82) is 0 Å². The Morgan fingerprint density at radius 2 is 2.00 bits per heavy atom. The van der Waals surface area contributed by atoms with Gasteiger partial charge in [0.15, 0.2) is 0 Å². The molecular formula is C17H24BrNO. The SMILES string of the molecule is CNC1CC(Oc2ccc(C)cc2Br)C12CCCCC2. The lowest BCUT2D eigenvalue weighted by Crippen LogP contribution is -2.64. The fraction of sp³-hybridized carbons (Fsp3) is 0.647. The molecule has 1 aromatic carbocycles. The van der Waals surface area contributed by atoms with Gasteiger partial charge in [-0.15, -0.1) is 0 Å². The maximum Gasteiger partial charge on any atom is 0.133 e. The molecule has 110 valence electrons. The van der Waals surface area contributed by atoms with Gasteiger partial charge in [0, 0.05) is 17.9 Å². The number of benzene rings is 1. The average Bonchev–Trinajstić information content (AvgIpc) is 2.45. The van der Waals surface area contributed by atoms with Crippen LogP contribution in [0.2, 0.25) is 0 Å². The van der Waals surface area contributed by atoms with E-state index in [9.17, 15) is 0 Å². The molecule has 3 rings (SSSR count). The Hall–Kier alpha value is -0.540. The van der Waals surface area contributed by atoms with Gasteiger partial charge < -0.3 is 10.1 Å². The third-order valence-corrected chi connectivity index (χ3v) is 5.89. The van der Waals surface area contributed by atoms with Crippen molar-refractivity contribution in [2.45, 2.75) is 57.6 Å². The molecule has 2 unspecified atom stereocenters. The first kappa shape index (κ1) is 14.4. The lowest BCUT2D eigenvalue weighted by molar-refractivity contribution is -0.101. The normalized spacial score (nSPS) is 28.1. The predicted octanol–water partition coefficient (Wildman–Crippen LogP) is 4.45. The van der Waals surface area contributed by atoms with Crippen LogP contribution in [-0.2, 0) is 0 Å². The number of halogens is 1. The van der Waals surface area contributed by atoms with Crippen molar-refractivity contribution in [1.82, 2.24) is 5.32 Å². The van der Waals surface area contributed by atoms with Crippen molar-refractivity contribution in [3.63, 3.8) is 0 Å². The van der Waals surface area contributed by atoms with Crippen LogP contribution in [0.5, 0.6) is 5.75 Å². The number of rotatable bonds is 3. The van der Waals surface area contributed by atoms with E-state index in [0.29, 0.717) is 17.6 Å². The van der Waals surface area contributed by atoms with Crippen LogP contribution in [0.25, 0.3) is 0 Å². The summed E-state index contributed by atoms with van der Waals surface area (Å²) in [5.74, 6) is 1.00. The predicted molar refractivity (Wildman–Crippen MR) is 86.3 cm³/mol. The molecule has 2 nitrogen and oxygen atoms in total. The summed E-state index contributed by atoms with van der Waals surface area (Å²) in [6.07, 6.45) is 8.23. The highest BCUT2D eigenvalue weighted by Gasteiger charge is 2.55. The van der Waals surface area contributed by atoms with Gasteiger partial charge in [-0.2, -0.15) is 0 Å². The number of ether oxygens (including phenoxy) is 1. The first-order valence-corrected chi connectivity index (χ1v) is 8.55. The summed E-state index contributed by atoms with van der Waals surface area (Å²) < 4.78 is 7.45. The second-order valence-corrected chi connectivity index (χ2v) is 7.27. The molecule has 2 aliphatic carbocycles. The Morgan fingerprint density at radius 3 is 2.65 bits per heavy atom. The molecule has 0 aromatic heterocycles. The van der Waals surface area contributed by atoms with Crippen molar-refractivity contribution in [3.05, 3.63) is 28.2 Å². The largest absolute Gasteiger partial charge is 0.489 e. The summed E-state index contributed by atoms with van der Waals surface area (Å²) >= 11 is 3.63. The standard InChI is InChI=1S/C17H24BrNO/c1-12-6-7-14(13(18)10-12)20-16-11-15(19-2)17(16)8-4-3-5-9-17/h6-7,10,15-16,19H,3-5,8-9,11H2,1-2H3. The van der Waals surface area contributed by atoms with Crippen LogP contribution in [-0.4, -0.2) is 19.2 Å². The second-order valence-electron chi connectivity index (χ2n) is 6.41. The molecule has 2 aliphatic rings. The summed E-state index contributed by atoms with van der Waals surface area (Å²) in [5, 5.41) is 3.51. The van der Waals surface area contributed by atoms with Crippen molar-refractivity contribution in [2.75, 3.05) is 7.05 Å². The highest BCUT2D eigenvalue weighted by atomic mass is 79.9. The Labute approximate surface area is 130 Å². The van der Waals surface area contributed by atoms with E-state index in [2.05, 4.69) is 53.4 Å². The van der Waals surface area contributed by atoms with Gasteiger partial charge in [0.05, 0.1) is 4.47 Å². The summed E-state index contributed by atoms with van der Waals surface area (Å²) in [7, 11) is 2.10. The minimum atomic E-state index is 0.372. The fourth-order valence-corrected chi connectivity index (χ4v) is 4.64. The smallest absolute Gasteiger partial charge is 0.133 e. The van der Waals surface area contributed by atoms with E-state index in [-0.39, 0.29) is 0 Å². The number of hydrogen-bond donors (Lipinski definition) is 1. The molecule has 2 fully saturated rings. The number of nitrogens with one attached hydrogen (secondary N) is 1. The van der Waals surface area contributed by atoms with Crippen LogP contribution in [0.3, 0.4) is 0 Å². The Bertz CT molecular complexity index is 482. The monoisotopic (exact) mass is 337 g/mol. The second kappa shape index (κ2) is 5.69. The highest BCUT2D eigenvalue weighted by Crippen LogP contribution is 2.53. The van der Waals surface area contributed by atoms with Gasteiger partial charge in [-0.3, -0.25) is 0 Å². The van der Waals surface area contributed by atoms with Crippen molar-refractivity contribution in [2.24, 2.45) is 5.41 Å². The molecule has 2 atom stereocenters. The topological polar surface area (TPSA) is 21.3 Å². The molecule has 0 amide bonds. The Morgan fingerprint density at radius 1 is 1.25 bits per heavy atom. The molecule has 0 aliphatic heterocycles. The van der Waals surface area contributed by atoms with E-state index < -0.39 is 0 Å². The van der Waals surface area contributed by atoms with Gasteiger partial charge in [0.25, 0.3) is 0 Å². The maximum absolute atomic E-state index is 6.37. The van der Waals surface area contributed by atoms with Gasteiger partial charge >= 0.3 is 0 Å². The minimum absolute atomic E-state index is 0.372. The minimum Gasteiger partial charge on any atom is -0.489 e. The quantitative estimate of drug-likeness (QED) is 0.879. The molecule has 0 radical (unpaired) electrons. The first-order chi connectivity index (χ1) is 9.65. The molecule has 3 heteroatoms. The fourth-order valence-electron chi connectivity index (χ4n) is 4.05. The summed E-state index contributed by atoms with van der Waals surface area (Å²) in [6.45, 7) is 2.11. The van der Waals surface area contributed by atoms with E-state index in [1.165, 1.54) is 37.7 Å². The molecule has 1 aromatic rings. The number of hydrogen-bond acceptors (Lipinski definition) is 2. The van der Waals surface area contributed by atoms with Gasteiger partial charge in [-0.25, -0.2) is 0 Å². The van der Waals surface area contributed by atoms with Gasteiger partial charge in [-0.05, 0) is 60.4 Å². The number of aryl methyl sites for hydroxylation is 1. The maximum atomic E-state index is 6.37. The molecular weight excluding hydrogens is 314 g/mol. The molecule has 1 spiro atoms. The van der Waals surface area contributed by atoms with Crippen LogP contribution in [0.1, 0.15) is 44.1 Å². The molecule has 0 bridgehead atoms. The van der Waals surface area contributed by atoms with E-state index in [1.807, 2.05) is 0 Å². The Balaban J connectivity index is 1.77. The zero-order valence-electron chi connectivity index (χ0n) is 12.4.